The number of aromatic nitrogens is 4. The van der Waals surface area contributed by atoms with Crippen molar-refractivity contribution in [2.24, 2.45) is 0 Å². The molecule has 1 aliphatic rings. The van der Waals surface area contributed by atoms with Crippen molar-refractivity contribution in [1.82, 2.24) is 19.5 Å². The molecule has 2 aromatic rings. The first-order valence-electron chi connectivity index (χ1n) is 6.15. The van der Waals surface area contributed by atoms with Crippen LogP contribution in [0.1, 0.15) is 0 Å². The van der Waals surface area contributed by atoms with Gasteiger partial charge in [-0.25, -0.2) is 15.0 Å². The van der Waals surface area contributed by atoms with Gasteiger partial charge in [-0.05, 0) is 0 Å². The molecule has 3 rings (SSSR count). The fourth-order valence-corrected chi connectivity index (χ4v) is 2.35. The lowest BCUT2D eigenvalue weighted by Gasteiger charge is -2.15. The zero-order valence-electron chi connectivity index (χ0n) is 10.5. The molecule has 0 amide bonds. The van der Waals surface area contributed by atoms with Gasteiger partial charge in [0.2, 0.25) is 0 Å². The van der Waals surface area contributed by atoms with E-state index in [9.17, 15) is 10.2 Å². The highest BCUT2D eigenvalue weighted by atomic mass is 16.6. The number of hydrogen-bond acceptors (Lipinski definition) is 8. The van der Waals surface area contributed by atoms with Gasteiger partial charge in [-0.2, -0.15) is 0 Å². The van der Waals surface area contributed by atoms with Crippen molar-refractivity contribution in [3.8, 4) is 0 Å². The Kier molecular flexibility index (Phi) is 3.26. The van der Waals surface area contributed by atoms with Gasteiger partial charge in [0, 0.05) is 0 Å². The molecule has 9 heteroatoms. The Morgan fingerprint density at radius 1 is 1.20 bits per heavy atom. The van der Waals surface area contributed by atoms with Crippen LogP contribution in [0, 0.1) is 0 Å². The average molecular weight is 281 g/mol. The molecule has 20 heavy (non-hydrogen) atoms. The van der Waals surface area contributed by atoms with Gasteiger partial charge in [0.25, 0.3) is 0 Å². The zero-order chi connectivity index (χ0) is 14.3. The molecule has 0 unspecified atom stereocenters. The topological polar surface area (TPSA) is 140 Å². The Morgan fingerprint density at radius 3 is 2.65 bits per heavy atom. The van der Waals surface area contributed by atoms with Crippen LogP contribution in [0.5, 0.6) is 0 Å². The molecule has 1 fully saturated rings. The summed E-state index contributed by atoms with van der Waals surface area (Å²) in [5.74, 6) is 0.273. The number of anilines is 1. The van der Waals surface area contributed by atoms with E-state index in [0.29, 0.717) is 11.2 Å². The quantitative estimate of drug-likeness (QED) is 0.501. The number of fused-ring (bicyclic) bond motifs is 1. The third-order valence-electron chi connectivity index (χ3n) is 3.45. The van der Waals surface area contributed by atoms with Gasteiger partial charge < -0.3 is 30.4 Å². The van der Waals surface area contributed by atoms with Crippen LogP contribution in [0.25, 0.3) is 11.2 Å². The highest BCUT2D eigenvalue weighted by molar-refractivity contribution is 5.81. The molecule has 4 atom stereocenters. The van der Waals surface area contributed by atoms with Crippen molar-refractivity contribution in [2.75, 3.05) is 12.3 Å². The van der Waals surface area contributed by atoms with Crippen LogP contribution in [0.4, 0.5) is 5.82 Å². The Bertz CT molecular complexity index is 618. The first-order valence-corrected chi connectivity index (χ1v) is 6.15. The van der Waals surface area contributed by atoms with E-state index in [1.807, 2.05) is 0 Å². The summed E-state index contributed by atoms with van der Waals surface area (Å²) in [4.78, 5) is 12.0. The number of nitrogens with two attached hydrogens (primary N) is 1. The lowest BCUT2D eigenvalue weighted by Crippen LogP contribution is -2.35. The van der Waals surface area contributed by atoms with Crippen LogP contribution >= 0.6 is 0 Å². The van der Waals surface area contributed by atoms with Crippen LogP contribution in [0.2, 0.25) is 0 Å². The predicted octanol–water partition coefficient (Wildman–Crippen LogP) is -2.11. The minimum Gasteiger partial charge on any atom is -0.394 e. The first kappa shape index (κ1) is 13.2. The van der Waals surface area contributed by atoms with Gasteiger partial charge in [-0.3, -0.25) is 0 Å². The van der Waals surface area contributed by atoms with Crippen LogP contribution in [0.3, 0.4) is 0 Å². The number of imidazole rings is 1. The van der Waals surface area contributed by atoms with Gasteiger partial charge in [-0.15, -0.1) is 0 Å². The molecule has 0 aromatic carbocycles. The summed E-state index contributed by atoms with van der Waals surface area (Å²) in [6.45, 7) is -0.115. The molecule has 5 N–H and O–H groups in total. The molecular formula is C11H15N5O4. The SMILES string of the molecule is Nc1ncnc2c1ncn2C[C@@H]1O[C@H](CO)[C@@H](O)[C@H]1O. The Balaban J connectivity index is 1.85. The molecule has 0 saturated carbocycles. The summed E-state index contributed by atoms with van der Waals surface area (Å²) in [6, 6.07) is 0. The van der Waals surface area contributed by atoms with E-state index < -0.39 is 24.4 Å². The number of hydrogen-bond donors (Lipinski definition) is 4. The summed E-state index contributed by atoms with van der Waals surface area (Å²) in [5.41, 5.74) is 6.68. The number of aliphatic hydroxyl groups is 3. The molecule has 1 saturated heterocycles. The summed E-state index contributed by atoms with van der Waals surface area (Å²) >= 11 is 0. The van der Waals surface area contributed by atoms with Crippen LogP contribution in [-0.2, 0) is 11.3 Å². The summed E-state index contributed by atoms with van der Waals surface area (Å²) in [5, 5.41) is 28.7. The highest BCUT2D eigenvalue weighted by Crippen LogP contribution is 2.24. The first-order chi connectivity index (χ1) is 9.61. The molecule has 9 nitrogen and oxygen atoms in total. The van der Waals surface area contributed by atoms with Crippen molar-refractivity contribution in [1.29, 1.82) is 0 Å². The smallest absolute Gasteiger partial charge is 0.165 e. The summed E-state index contributed by atoms with van der Waals surface area (Å²) in [7, 11) is 0. The molecule has 108 valence electrons. The lowest BCUT2D eigenvalue weighted by atomic mass is 10.1. The number of ether oxygens (including phenoxy) is 1. The van der Waals surface area contributed by atoms with E-state index >= 15 is 0 Å². The minimum absolute atomic E-state index is 0.238. The normalized spacial score (nSPS) is 30.1. The Labute approximate surface area is 113 Å². The number of aliphatic hydroxyl groups excluding tert-OH is 3. The van der Waals surface area contributed by atoms with Crippen LogP contribution in [-0.4, -0.2) is 65.9 Å². The molecule has 0 radical (unpaired) electrons. The molecule has 3 heterocycles. The maximum Gasteiger partial charge on any atom is 0.165 e. The fourth-order valence-electron chi connectivity index (χ4n) is 2.35. The van der Waals surface area contributed by atoms with E-state index in [4.69, 9.17) is 15.6 Å². The van der Waals surface area contributed by atoms with Gasteiger partial charge in [0.1, 0.15) is 36.3 Å². The largest absolute Gasteiger partial charge is 0.394 e. The van der Waals surface area contributed by atoms with Crippen molar-refractivity contribution >= 4 is 17.0 Å². The third kappa shape index (κ3) is 2.00. The standard InChI is InChI=1S/C11H15N5O4/c12-10-7-11(14-3-13-10)16(4-15-7)1-5-8(18)9(19)6(2-17)20-5/h3-6,8-9,17-19H,1-2H2,(H2,12,13,14)/t5-,6+,8-,9+/m0/s1. The third-order valence-corrected chi connectivity index (χ3v) is 3.45. The van der Waals surface area contributed by atoms with Gasteiger partial charge >= 0.3 is 0 Å². The second-order valence-corrected chi connectivity index (χ2v) is 4.70. The second kappa shape index (κ2) is 4.94. The number of nitrogens with zero attached hydrogens (tertiary/aromatic N) is 4. The summed E-state index contributed by atoms with van der Waals surface area (Å²) < 4.78 is 7.07. The van der Waals surface area contributed by atoms with Crippen molar-refractivity contribution in [3.05, 3.63) is 12.7 Å². The van der Waals surface area contributed by atoms with Gasteiger partial charge in [0.15, 0.2) is 11.5 Å². The zero-order valence-corrected chi connectivity index (χ0v) is 10.5. The predicted molar refractivity (Wildman–Crippen MR) is 67.5 cm³/mol. The maximum atomic E-state index is 9.91. The molecular weight excluding hydrogens is 266 g/mol. The van der Waals surface area contributed by atoms with E-state index in [1.54, 1.807) is 4.57 Å². The Hall–Kier alpha value is -1.81. The van der Waals surface area contributed by atoms with Gasteiger partial charge in [0.05, 0.1) is 19.5 Å². The number of nitrogen functional groups attached to an aromatic ring is 1. The second-order valence-electron chi connectivity index (χ2n) is 4.70. The van der Waals surface area contributed by atoms with Gasteiger partial charge in [-0.1, -0.05) is 0 Å². The Morgan fingerprint density at radius 2 is 1.95 bits per heavy atom. The molecule has 1 aliphatic heterocycles. The van der Waals surface area contributed by atoms with E-state index in [1.165, 1.54) is 12.7 Å². The fraction of sp³-hybridized carbons (Fsp3) is 0.545. The monoisotopic (exact) mass is 281 g/mol. The molecule has 2 aromatic heterocycles. The van der Waals surface area contributed by atoms with E-state index in [-0.39, 0.29) is 19.0 Å². The van der Waals surface area contributed by atoms with Crippen LogP contribution in [0.15, 0.2) is 12.7 Å². The van der Waals surface area contributed by atoms with Crippen molar-refractivity contribution in [2.45, 2.75) is 31.0 Å². The highest BCUT2D eigenvalue weighted by Gasteiger charge is 2.42. The summed E-state index contributed by atoms with van der Waals surface area (Å²) in [6.07, 6.45) is -0.791. The molecule has 0 aliphatic carbocycles. The number of rotatable bonds is 3. The minimum atomic E-state index is -1.11. The molecule has 0 spiro atoms. The van der Waals surface area contributed by atoms with Crippen molar-refractivity contribution < 1.29 is 20.1 Å². The average Bonchev–Trinajstić information content (AvgIpc) is 2.97. The van der Waals surface area contributed by atoms with Crippen molar-refractivity contribution in [3.63, 3.8) is 0 Å². The van der Waals surface area contributed by atoms with E-state index in [2.05, 4.69) is 15.0 Å². The van der Waals surface area contributed by atoms with E-state index in [0.717, 1.165) is 0 Å². The van der Waals surface area contributed by atoms with Crippen LogP contribution < -0.4 is 5.73 Å². The maximum absolute atomic E-state index is 9.91. The lowest BCUT2D eigenvalue weighted by molar-refractivity contribution is -0.0262. The molecule has 0 bridgehead atoms.